The number of rotatable bonds is 7. The molecule has 186 valence electrons. The maximum atomic E-state index is 13.9. The molecule has 0 unspecified atom stereocenters. The zero-order valence-corrected chi connectivity index (χ0v) is 20.2. The lowest BCUT2D eigenvalue weighted by molar-refractivity contribution is 0.514. The van der Waals surface area contributed by atoms with Crippen LogP contribution in [0.4, 0.5) is 15.9 Å². The van der Waals surface area contributed by atoms with Gasteiger partial charge in [-0.3, -0.25) is 10.4 Å². The van der Waals surface area contributed by atoms with Gasteiger partial charge in [-0.25, -0.2) is 19.3 Å². The average Bonchev–Trinajstić information content (AvgIpc) is 3.26. The number of nitrogens with zero attached hydrogens (tertiary/aromatic N) is 5. The number of aromatic amines is 1. The molecule has 0 atom stereocenters. The highest BCUT2D eigenvalue weighted by molar-refractivity contribution is 6.10. The summed E-state index contributed by atoms with van der Waals surface area (Å²) >= 11 is 0. The van der Waals surface area contributed by atoms with Gasteiger partial charge in [0.15, 0.2) is 5.82 Å². The monoisotopic (exact) mass is 495 g/mol. The number of allylic oxidation sites excluding steroid dienone is 2. The number of nitrogens with one attached hydrogen (secondary N) is 2. The molecule has 0 aliphatic carbocycles. The Morgan fingerprint density at radius 3 is 2.68 bits per heavy atom. The number of pyridine rings is 1. The molecule has 1 saturated heterocycles. The van der Waals surface area contributed by atoms with Gasteiger partial charge in [0.05, 0.1) is 29.5 Å². The van der Waals surface area contributed by atoms with Crippen LogP contribution in [0.15, 0.2) is 67.5 Å². The van der Waals surface area contributed by atoms with E-state index in [-0.39, 0.29) is 29.1 Å². The number of benzene rings is 1. The molecule has 6 N–H and O–H groups in total. The lowest BCUT2D eigenvalue weighted by Crippen LogP contribution is -2.56. The first-order chi connectivity index (χ1) is 17.8. The quantitative estimate of drug-likeness (QED) is 0.227. The molecular weight excluding hydrogens is 469 g/mol. The van der Waals surface area contributed by atoms with Crippen LogP contribution in [0.2, 0.25) is 0 Å². The van der Waals surface area contributed by atoms with Crippen molar-refractivity contribution < 1.29 is 4.39 Å². The van der Waals surface area contributed by atoms with Crippen molar-refractivity contribution in [1.29, 1.82) is 5.41 Å². The number of hydrogen-bond acceptors (Lipinski definition) is 8. The fourth-order valence-electron chi connectivity index (χ4n) is 4.18. The van der Waals surface area contributed by atoms with Crippen LogP contribution in [0.5, 0.6) is 0 Å². The van der Waals surface area contributed by atoms with Gasteiger partial charge in [0.1, 0.15) is 28.7 Å². The second-order valence-corrected chi connectivity index (χ2v) is 8.82. The topological polar surface area (TPSA) is 146 Å². The van der Waals surface area contributed by atoms with Crippen molar-refractivity contribution in [2.45, 2.75) is 13.0 Å². The number of H-pyrrole nitrogens is 1. The smallest absolute Gasteiger partial charge is 0.158 e. The van der Waals surface area contributed by atoms with Crippen molar-refractivity contribution in [2.24, 2.45) is 5.73 Å². The van der Waals surface area contributed by atoms with Crippen LogP contribution in [0, 0.1) is 18.2 Å². The van der Waals surface area contributed by atoms with Crippen LogP contribution in [-0.2, 0) is 0 Å². The predicted octanol–water partition coefficient (Wildman–Crippen LogP) is 3.47. The minimum Gasteiger partial charge on any atom is -0.397 e. The number of hydrogen-bond donors (Lipinski definition) is 4. The molecule has 4 aromatic rings. The van der Waals surface area contributed by atoms with Crippen molar-refractivity contribution >= 4 is 22.8 Å². The minimum absolute atomic E-state index is 0.0173. The van der Waals surface area contributed by atoms with E-state index in [1.165, 1.54) is 12.1 Å². The maximum Gasteiger partial charge on any atom is 0.158 e. The Labute approximate surface area is 213 Å². The van der Waals surface area contributed by atoms with E-state index in [4.69, 9.17) is 16.9 Å². The number of aromatic nitrogens is 5. The maximum absolute atomic E-state index is 13.9. The highest BCUT2D eigenvalue weighted by Crippen LogP contribution is 2.27. The van der Waals surface area contributed by atoms with E-state index in [0.29, 0.717) is 39.6 Å². The molecule has 0 saturated carbocycles. The van der Waals surface area contributed by atoms with Crippen molar-refractivity contribution in [3.63, 3.8) is 0 Å². The van der Waals surface area contributed by atoms with Gasteiger partial charge < -0.3 is 21.4 Å². The minimum atomic E-state index is -0.355. The fraction of sp³-hybridized carbons (Fsp3) is 0.148. The number of imidazole rings is 1. The Bertz CT molecular complexity index is 1530. The Hall–Kier alpha value is -4.70. The first kappa shape index (κ1) is 24.0. The molecule has 3 aromatic heterocycles. The van der Waals surface area contributed by atoms with Gasteiger partial charge in [-0.2, -0.15) is 0 Å². The Morgan fingerprint density at radius 1 is 1.14 bits per heavy atom. The predicted molar refractivity (Wildman–Crippen MR) is 143 cm³/mol. The first-order valence-corrected chi connectivity index (χ1v) is 11.7. The fourth-order valence-corrected chi connectivity index (χ4v) is 4.18. The van der Waals surface area contributed by atoms with Crippen LogP contribution >= 0.6 is 0 Å². The molecule has 1 aromatic carbocycles. The zero-order chi connectivity index (χ0) is 26.1. The molecule has 1 aliphatic heterocycles. The van der Waals surface area contributed by atoms with Crippen LogP contribution in [0.1, 0.15) is 28.5 Å². The molecule has 0 spiro atoms. The lowest BCUT2D eigenvalue weighted by atomic mass is 10.0. The number of anilines is 2. The van der Waals surface area contributed by atoms with Crippen molar-refractivity contribution in [3.05, 3.63) is 102 Å². The summed E-state index contributed by atoms with van der Waals surface area (Å²) in [5.74, 6) is 0.649. The molecule has 1 aliphatic rings. The summed E-state index contributed by atoms with van der Waals surface area (Å²) in [7, 11) is 0. The molecule has 37 heavy (non-hydrogen) atoms. The number of nitrogen functional groups attached to an aromatic ring is 1. The summed E-state index contributed by atoms with van der Waals surface area (Å²) in [6.07, 6.45) is 6.69. The summed E-state index contributed by atoms with van der Waals surface area (Å²) in [6.45, 7) is 7.06. The van der Waals surface area contributed by atoms with Gasteiger partial charge >= 0.3 is 0 Å². The van der Waals surface area contributed by atoms with E-state index in [1.54, 1.807) is 48.8 Å². The normalized spacial score (nSPS) is 13.9. The van der Waals surface area contributed by atoms with Crippen LogP contribution in [0.3, 0.4) is 0 Å². The Kier molecular flexibility index (Phi) is 6.33. The van der Waals surface area contributed by atoms with Gasteiger partial charge in [0.25, 0.3) is 0 Å². The molecule has 1 fully saturated rings. The Balaban J connectivity index is 1.48. The van der Waals surface area contributed by atoms with Crippen molar-refractivity contribution in [1.82, 2.24) is 24.9 Å². The van der Waals surface area contributed by atoms with E-state index >= 15 is 0 Å². The van der Waals surface area contributed by atoms with Gasteiger partial charge in [-0.1, -0.05) is 30.9 Å². The highest BCUT2D eigenvalue weighted by Gasteiger charge is 2.25. The molecule has 9 nitrogen and oxygen atoms in total. The summed E-state index contributed by atoms with van der Waals surface area (Å²) in [6, 6.07) is 9.81. The van der Waals surface area contributed by atoms with E-state index in [0.717, 1.165) is 18.9 Å². The number of aryl methyl sites for hydroxylation is 1. The largest absolute Gasteiger partial charge is 0.397 e. The van der Waals surface area contributed by atoms with Crippen LogP contribution in [-0.4, -0.2) is 49.8 Å². The lowest BCUT2D eigenvalue weighted by Gasteiger charge is -2.37. The summed E-state index contributed by atoms with van der Waals surface area (Å²) in [4.78, 5) is 23.5. The molecule has 10 heteroatoms. The zero-order valence-electron chi connectivity index (χ0n) is 20.2. The van der Waals surface area contributed by atoms with E-state index < -0.39 is 0 Å². The van der Waals surface area contributed by atoms with Gasteiger partial charge in [-0.15, -0.1) is 0 Å². The van der Waals surface area contributed by atoms with E-state index in [9.17, 15) is 4.39 Å². The standard InChI is InChI=1S/C27H26FN9/c1-3-5-19(16-6-4-7-17(28)10-16)25-15(2)33-27(36-25)24(31)26-20(30)8-9-21(35-26)22-11-32-12-23(34-22)37-13-18(29)14-37/h3-12,18,31H,1,13-14,29-30H2,2H3,(H,33,36)/b19-5-,31-24?. The van der Waals surface area contributed by atoms with Crippen LogP contribution in [0.25, 0.3) is 17.0 Å². The molecule has 4 heterocycles. The average molecular weight is 496 g/mol. The summed E-state index contributed by atoms with van der Waals surface area (Å²) in [5.41, 5.74) is 16.4. The highest BCUT2D eigenvalue weighted by atomic mass is 19.1. The number of halogens is 1. The first-order valence-electron chi connectivity index (χ1n) is 11.7. The van der Waals surface area contributed by atoms with Crippen LogP contribution < -0.4 is 16.4 Å². The second-order valence-electron chi connectivity index (χ2n) is 8.82. The van der Waals surface area contributed by atoms with Crippen molar-refractivity contribution in [2.75, 3.05) is 23.7 Å². The van der Waals surface area contributed by atoms with Crippen molar-refractivity contribution in [3.8, 4) is 11.4 Å². The summed E-state index contributed by atoms with van der Waals surface area (Å²) in [5, 5.41) is 8.84. The molecule has 0 bridgehead atoms. The third-order valence-electron chi connectivity index (χ3n) is 6.08. The third kappa shape index (κ3) is 4.74. The third-order valence-corrected chi connectivity index (χ3v) is 6.08. The molecule has 0 radical (unpaired) electrons. The van der Waals surface area contributed by atoms with E-state index in [1.807, 2.05) is 11.8 Å². The van der Waals surface area contributed by atoms with Gasteiger partial charge in [-0.05, 0) is 36.8 Å². The summed E-state index contributed by atoms with van der Waals surface area (Å²) < 4.78 is 13.9. The molecule has 0 amide bonds. The van der Waals surface area contributed by atoms with E-state index in [2.05, 4.69) is 31.5 Å². The van der Waals surface area contributed by atoms with Gasteiger partial charge in [0, 0.05) is 30.4 Å². The number of nitrogens with two attached hydrogens (primary N) is 2. The molecule has 5 rings (SSSR count). The SMILES string of the molecule is C=C/C=C(/c1cccc(F)c1)c1nc(C(=N)c2nc(-c3cncc(N4CC(N)C4)n3)ccc2N)[nH]c1C. The molecular formula is C27H26FN9. The second kappa shape index (κ2) is 9.75. The Morgan fingerprint density at radius 2 is 1.95 bits per heavy atom. The van der Waals surface area contributed by atoms with Gasteiger partial charge in [0.2, 0.25) is 0 Å².